The van der Waals surface area contributed by atoms with Gasteiger partial charge in [-0.2, -0.15) is 0 Å². The van der Waals surface area contributed by atoms with E-state index in [1.165, 1.54) is 0 Å². The van der Waals surface area contributed by atoms with Crippen LogP contribution >= 0.6 is 0 Å². The molecule has 3 N–H and O–H groups in total. The molecule has 0 aliphatic carbocycles. The zero-order valence-electron chi connectivity index (χ0n) is 12.3. The van der Waals surface area contributed by atoms with Crippen LogP contribution in [0.2, 0.25) is 0 Å². The van der Waals surface area contributed by atoms with Crippen molar-refractivity contribution in [2.24, 2.45) is 17.3 Å². The number of hydrogen-bond donors (Lipinski definition) is 3. The molecule has 0 aliphatic heterocycles. The van der Waals surface area contributed by atoms with Gasteiger partial charge in [0.05, 0.1) is 26.4 Å². The van der Waals surface area contributed by atoms with Gasteiger partial charge in [-0.25, -0.2) is 0 Å². The average molecular weight is 276 g/mol. The fourth-order valence-corrected chi connectivity index (χ4v) is 2.00. The minimum absolute atomic E-state index is 0.106. The average Bonchev–Trinajstić information content (AvgIpc) is 2.34. The number of ether oxygens (including phenoxy) is 1. The summed E-state index contributed by atoms with van der Waals surface area (Å²) in [7, 11) is 0. The quantitative estimate of drug-likeness (QED) is 0.517. The summed E-state index contributed by atoms with van der Waals surface area (Å²) in [5.41, 5.74) is -0.968. The van der Waals surface area contributed by atoms with Crippen molar-refractivity contribution in [2.75, 3.05) is 26.4 Å². The van der Waals surface area contributed by atoms with Gasteiger partial charge in [-0.05, 0) is 24.7 Å². The van der Waals surface area contributed by atoms with E-state index >= 15 is 0 Å². The second kappa shape index (κ2) is 9.28. The molecule has 0 radical (unpaired) electrons. The molecule has 0 fully saturated rings. The molecule has 0 bridgehead atoms. The van der Waals surface area contributed by atoms with Crippen LogP contribution in [0.1, 0.15) is 40.0 Å². The maximum atomic E-state index is 11.6. The highest BCUT2D eigenvalue weighted by Crippen LogP contribution is 2.20. The van der Waals surface area contributed by atoms with E-state index in [1.54, 1.807) is 0 Å². The first kappa shape index (κ1) is 18.4. The minimum atomic E-state index is -0.968. The molecule has 0 saturated carbocycles. The fraction of sp³-hybridized carbons (Fsp3) is 0.929. The van der Waals surface area contributed by atoms with Gasteiger partial charge in [0, 0.05) is 11.8 Å². The van der Waals surface area contributed by atoms with Crippen molar-refractivity contribution >= 4 is 5.97 Å². The molecule has 0 rings (SSSR count). The topological polar surface area (TPSA) is 87.0 Å². The lowest BCUT2D eigenvalue weighted by Crippen LogP contribution is -2.35. The van der Waals surface area contributed by atoms with Gasteiger partial charge in [-0.15, -0.1) is 0 Å². The number of hydrogen-bond acceptors (Lipinski definition) is 5. The maximum absolute atomic E-state index is 11.6. The predicted octanol–water partition coefficient (Wildman–Crippen LogP) is 0.955. The Hall–Kier alpha value is -0.650. The van der Waals surface area contributed by atoms with Gasteiger partial charge in [-0.1, -0.05) is 20.8 Å². The van der Waals surface area contributed by atoms with Crippen molar-refractivity contribution in [3.8, 4) is 0 Å². The van der Waals surface area contributed by atoms with E-state index in [4.69, 9.17) is 20.1 Å². The van der Waals surface area contributed by atoms with E-state index in [1.807, 2.05) is 6.92 Å². The first-order chi connectivity index (χ1) is 8.89. The zero-order valence-corrected chi connectivity index (χ0v) is 12.3. The molecule has 0 amide bonds. The summed E-state index contributed by atoms with van der Waals surface area (Å²) in [6.45, 7) is 5.35. The second-order valence-electron chi connectivity index (χ2n) is 5.88. The molecule has 5 nitrogen and oxygen atoms in total. The van der Waals surface area contributed by atoms with E-state index < -0.39 is 5.41 Å². The highest BCUT2D eigenvalue weighted by atomic mass is 16.5. The summed E-state index contributed by atoms with van der Waals surface area (Å²) in [5.74, 6) is 0.565. The third kappa shape index (κ3) is 7.50. The predicted molar refractivity (Wildman–Crippen MR) is 72.5 cm³/mol. The Morgan fingerprint density at radius 1 is 1.11 bits per heavy atom. The van der Waals surface area contributed by atoms with E-state index in [2.05, 4.69) is 13.8 Å². The molecule has 19 heavy (non-hydrogen) atoms. The van der Waals surface area contributed by atoms with Crippen LogP contribution in [0.3, 0.4) is 0 Å². The number of aliphatic hydroxyl groups is 3. The van der Waals surface area contributed by atoms with Crippen molar-refractivity contribution in [1.29, 1.82) is 0 Å². The Bertz CT molecular complexity index is 240. The van der Waals surface area contributed by atoms with Crippen molar-refractivity contribution in [3.63, 3.8) is 0 Å². The fourth-order valence-electron chi connectivity index (χ4n) is 2.00. The standard InChI is InChI=1S/C14H28O5/c1-11(2)6-12(3)7-13(18)19-5-4-14(8-15,9-16)10-17/h11-12,15-17H,4-10H2,1-3H3. The molecular formula is C14H28O5. The minimum Gasteiger partial charge on any atom is -0.466 e. The van der Waals surface area contributed by atoms with Crippen LogP contribution in [0.5, 0.6) is 0 Å². The molecule has 0 aromatic carbocycles. The van der Waals surface area contributed by atoms with Crippen molar-refractivity contribution in [1.82, 2.24) is 0 Å². The monoisotopic (exact) mass is 276 g/mol. The van der Waals surface area contributed by atoms with Crippen LogP contribution in [0.4, 0.5) is 0 Å². The number of carbonyl (C=O) groups excluding carboxylic acids is 1. The third-order valence-corrected chi connectivity index (χ3v) is 3.29. The molecule has 0 aromatic heterocycles. The highest BCUT2D eigenvalue weighted by molar-refractivity contribution is 5.69. The van der Waals surface area contributed by atoms with Crippen molar-refractivity contribution in [3.05, 3.63) is 0 Å². The Morgan fingerprint density at radius 2 is 1.63 bits per heavy atom. The van der Waals surface area contributed by atoms with E-state index in [0.29, 0.717) is 12.3 Å². The highest BCUT2D eigenvalue weighted by Gasteiger charge is 2.28. The number of carbonyl (C=O) groups is 1. The lowest BCUT2D eigenvalue weighted by molar-refractivity contribution is -0.146. The molecular weight excluding hydrogens is 248 g/mol. The van der Waals surface area contributed by atoms with Crippen LogP contribution in [-0.4, -0.2) is 47.7 Å². The van der Waals surface area contributed by atoms with Crippen LogP contribution in [0.15, 0.2) is 0 Å². The summed E-state index contributed by atoms with van der Waals surface area (Å²) < 4.78 is 5.08. The first-order valence-corrected chi connectivity index (χ1v) is 6.87. The number of rotatable bonds is 10. The molecule has 0 saturated heterocycles. The second-order valence-corrected chi connectivity index (χ2v) is 5.88. The Balaban J connectivity index is 3.97. The molecule has 0 spiro atoms. The van der Waals surface area contributed by atoms with Crippen LogP contribution in [0, 0.1) is 17.3 Å². The molecule has 1 unspecified atom stereocenters. The molecule has 114 valence electrons. The van der Waals surface area contributed by atoms with Gasteiger partial charge >= 0.3 is 5.97 Å². The van der Waals surface area contributed by atoms with Gasteiger partial charge in [0.1, 0.15) is 0 Å². The lowest BCUT2D eigenvalue weighted by Gasteiger charge is -2.26. The molecule has 1 atom stereocenters. The summed E-state index contributed by atoms with van der Waals surface area (Å²) in [4.78, 5) is 11.6. The van der Waals surface area contributed by atoms with Gasteiger partial charge in [0.25, 0.3) is 0 Å². The molecule has 5 heteroatoms. The first-order valence-electron chi connectivity index (χ1n) is 6.87. The number of esters is 1. The summed E-state index contributed by atoms with van der Waals surface area (Å²) in [6, 6.07) is 0. The van der Waals surface area contributed by atoms with Gasteiger partial charge in [0.2, 0.25) is 0 Å². The van der Waals surface area contributed by atoms with Gasteiger partial charge in [0.15, 0.2) is 0 Å². The summed E-state index contributed by atoms with van der Waals surface area (Å²) in [6.07, 6.45) is 1.60. The summed E-state index contributed by atoms with van der Waals surface area (Å²) >= 11 is 0. The lowest BCUT2D eigenvalue weighted by atomic mass is 9.88. The van der Waals surface area contributed by atoms with Gasteiger partial charge < -0.3 is 20.1 Å². The Morgan fingerprint density at radius 3 is 2.05 bits per heavy atom. The molecule has 0 aliphatic rings. The van der Waals surface area contributed by atoms with Crippen molar-refractivity contribution < 1.29 is 24.9 Å². The zero-order chi connectivity index (χ0) is 14.9. The summed E-state index contributed by atoms with van der Waals surface area (Å²) in [5, 5.41) is 27.4. The maximum Gasteiger partial charge on any atom is 0.306 e. The SMILES string of the molecule is CC(C)CC(C)CC(=O)OCCC(CO)(CO)CO. The van der Waals surface area contributed by atoms with E-state index in [0.717, 1.165) is 6.42 Å². The van der Waals surface area contributed by atoms with E-state index in [9.17, 15) is 4.79 Å². The molecule has 0 heterocycles. The normalized spacial score (nSPS) is 13.6. The van der Waals surface area contributed by atoms with Crippen LogP contribution < -0.4 is 0 Å². The Kier molecular flexibility index (Phi) is 8.97. The molecule has 0 aromatic rings. The van der Waals surface area contributed by atoms with Crippen LogP contribution in [0.25, 0.3) is 0 Å². The van der Waals surface area contributed by atoms with E-state index in [-0.39, 0.29) is 44.7 Å². The number of aliphatic hydroxyl groups excluding tert-OH is 3. The largest absolute Gasteiger partial charge is 0.466 e. The Labute approximate surface area is 115 Å². The van der Waals surface area contributed by atoms with Crippen molar-refractivity contribution in [2.45, 2.75) is 40.0 Å². The smallest absolute Gasteiger partial charge is 0.306 e. The third-order valence-electron chi connectivity index (χ3n) is 3.29. The van der Waals surface area contributed by atoms with Gasteiger partial charge in [-0.3, -0.25) is 4.79 Å². The van der Waals surface area contributed by atoms with Crippen LogP contribution in [-0.2, 0) is 9.53 Å².